The summed E-state index contributed by atoms with van der Waals surface area (Å²) in [4.78, 5) is 15.9. The average Bonchev–Trinajstić information content (AvgIpc) is 2.60. The van der Waals surface area contributed by atoms with E-state index in [-0.39, 0.29) is 13.2 Å². The molecule has 3 N–H and O–H groups in total. The van der Waals surface area contributed by atoms with E-state index >= 15 is 0 Å². The number of aliphatic hydroxyl groups excluding tert-OH is 1. The van der Waals surface area contributed by atoms with Crippen molar-refractivity contribution in [2.75, 3.05) is 25.1 Å². The third-order valence-electron chi connectivity index (χ3n) is 3.04. The molecule has 7 nitrogen and oxygen atoms in total. The Balaban J connectivity index is 1.76. The van der Waals surface area contributed by atoms with Gasteiger partial charge in [-0.25, -0.2) is 14.2 Å². The molecule has 0 spiro atoms. The molecule has 0 saturated heterocycles. The second-order valence-electron chi connectivity index (χ2n) is 5.05. The van der Waals surface area contributed by atoms with Crippen molar-refractivity contribution in [3.05, 3.63) is 48.4 Å². The topological polar surface area (TPSA) is 92.7 Å². The highest BCUT2D eigenvalue weighted by atomic mass is 19.1. The van der Waals surface area contributed by atoms with Crippen LogP contribution in [0.25, 0.3) is 0 Å². The average molecular weight is 349 g/mol. The number of benzene rings is 1. The van der Waals surface area contributed by atoms with E-state index in [4.69, 9.17) is 9.47 Å². The maximum absolute atomic E-state index is 13.0. The van der Waals surface area contributed by atoms with Gasteiger partial charge in [-0.05, 0) is 31.2 Å². The number of nitrogens with one attached hydrogen (secondary N) is 2. The molecule has 0 radical (unpaired) electrons. The highest BCUT2D eigenvalue weighted by molar-refractivity contribution is 5.90. The molecule has 1 aromatic heterocycles. The minimum absolute atomic E-state index is 0.0363. The van der Waals surface area contributed by atoms with E-state index in [9.17, 15) is 14.3 Å². The summed E-state index contributed by atoms with van der Waals surface area (Å²) in [7, 11) is 0. The summed E-state index contributed by atoms with van der Waals surface area (Å²) >= 11 is 0. The number of nitrogens with zero attached hydrogens (tertiary/aromatic N) is 1. The predicted octanol–water partition coefficient (Wildman–Crippen LogP) is 2.18. The second kappa shape index (κ2) is 9.43. The third kappa shape index (κ3) is 6.27. The van der Waals surface area contributed by atoms with Gasteiger partial charge < -0.3 is 25.2 Å². The SMILES string of the molecule is CCOc1ncccc1NC(=O)NC[C@H](O)COc1cccc(F)c1. The number of carbonyl (C=O) groups excluding carboxylic acids is 1. The number of carbonyl (C=O) groups is 1. The van der Waals surface area contributed by atoms with Crippen molar-refractivity contribution in [2.24, 2.45) is 0 Å². The molecule has 0 saturated carbocycles. The third-order valence-corrected chi connectivity index (χ3v) is 3.04. The van der Waals surface area contributed by atoms with Gasteiger partial charge in [0.2, 0.25) is 5.88 Å². The number of ether oxygens (including phenoxy) is 2. The molecule has 0 aliphatic carbocycles. The highest BCUT2D eigenvalue weighted by Gasteiger charge is 2.11. The van der Waals surface area contributed by atoms with Gasteiger partial charge in [0.1, 0.15) is 30.0 Å². The second-order valence-corrected chi connectivity index (χ2v) is 5.05. The predicted molar refractivity (Wildman–Crippen MR) is 90.3 cm³/mol. The van der Waals surface area contributed by atoms with Gasteiger partial charge in [-0.15, -0.1) is 0 Å². The van der Waals surface area contributed by atoms with Crippen LogP contribution in [0, 0.1) is 5.82 Å². The van der Waals surface area contributed by atoms with Gasteiger partial charge in [-0.3, -0.25) is 0 Å². The Morgan fingerprint density at radius 3 is 2.92 bits per heavy atom. The van der Waals surface area contributed by atoms with Crippen LogP contribution >= 0.6 is 0 Å². The summed E-state index contributed by atoms with van der Waals surface area (Å²) in [5.74, 6) is 0.196. The number of hydrogen-bond donors (Lipinski definition) is 3. The molecule has 1 atom stereocenters. The van der Waals surface area contributed by atoms with E-state index in [2.05, 4.69) is 15.6 Å². The largest absolute Gasteiger partial charge is 0.491 e. The van der Waals surface area contributed by atoms with Crippen molar-refractivity contribution in [2.45, 2.75) is 13.0 Å². The number of amides is 2. The maximum Gasteiger partial charge on any atom is 0.319 e. The molecule has 2 rings (SSSR count). The standard InChI is InChI=1S/C17H20FN3O4/c1-2-24-16-15(7-4-8-19-16)21-17(23)20-10-13(22)11-25-14-6-3-5-12(18)9-14/h3-9,13,22H,2,10-11H2,1H3,(H2,20,21,23)/t13-/m0/s1. The molecular weight excluding hydrogens is 329 g/mol. The zero-order valence-electron chi connectivity index (χ0n) is 13.7. The zero-order valence-corrected chi connectivity index (χ0v) is 13.7. The number of halogens is 1. The fourth-order valence-electron chi connectivity index (χ4n) is 1.92. The minimum atomic E-state index is -0.950. The first-order valence-electron chi connectivity index (χ1n) is 7.77. The van der Waals surface area contributed by atoms with Gasteiger partial charge in [0.15, 0.2) is 0 Å². The molecule has 0 aliphatic rings. The smallest absolute Gasteiger partial charge is 0.319 e. The lowest BCUT2D eigenvalue weighted by Gasteiger charge is -2.14. The van der Waals surface area contributed by atoms with Crippen molar-refractivity contribution < 1.29 is 23.8 Å². The monoisotopic (exact) mass is 349 g/mol. The lowest BCUT2D eigenvalue weighted by atomic mass is 10.3. The van der Waals surface area contributed by atoms with Crippen molar-refractivity contribution in [3.8, 4) is 11.6 Å². The van der Waals surface area contributed by atoms with Gasteiger partial charge in [-0.2, -0.15) is 0 Å². The van der Waals surface area contributed by atoms with Crippen molar-refractivity contribution in [1.29, 1.82) is 0 Å². The molecule has 2 aromatic rings. The summed E-state index contributed by atoms with van der Waals surface area (Å²) in [5, 5.41) is 14.9. The Bertz CT molecular complexity index is 699. The van der Waals surface area contributed by atoms with Crippen LogP contribution in [0.5, 0.6) is 11.6 Å². The molecule has 1 aromatic carbocycles. The molecule has 8 heteroatoms. The molecule has 0 aliphatic heterocycles. The van der Waals surface area contributed by atoms with Crippen LogP contribution in [0.15, 0.2) is 42.6 Å². The molecule has 0 unspecified atom stereocenters. The number of pyridine rings is 1. The van der Waals surface area contributed by atoms with Crippen LogP contribution in [0.1, 0.15) is 6.92 Å². The zero-order chi connectivity index (χ0) is 18.1. The quantitative estimate of drug-likeness (QED) is 0.679. The fourth-order valence-corrected chi connectivity index (χ4v) is 1.92. The Hall–Kier alpha value is -2.87. The molecule has 0 bridgehead atoms. The fraction of sp³-hybridized carbons (Fsp3) is 0.294. The molecule has 134 valence electrons. The Labute approximate surface area is 144 Å². The van der Waals surface area contributed by atoms with Gasteiger partial charge in [0, 0.05) is 18.8 Å². The first-order valence-corrected chi connectivity index (χ1v) is 7.77. The Morgan fingerprint density at radius 2 is 2.16 bits per heavy atom. The van der Waals surface area contributed by atoms with E-state index in [1.165, 1.54) is 18.2 Å². The number of urea groups is 1. The number of rotatable bonds is 8. The van der Waals surface area contributed by atoms with Crippen LogP contribution in [0.4, 0.5) is 14.9 Å². The Kier molecular flexibility index (Phi) is 6.97. The number of hydrogen-bond acceptors (Lipinski definition) is 5. The molecule has 25 heavy (non-hydrogen) atoms. The number of anilines is 1. The van der Waals surface area contributed by atoms with Gasteiger partial charge in [0.25, 0.3) is 0 Å². The summed E-state index contributed by atoms with van der Waals surface area (Å²) in [6, 6.07) is 8.40. The Morgan fingerprint density at radius 1 is 1.32 bits per heavy atom. The van der Waals surface area contributed by atoms with Crippen LogP contribution in [0.3, 0.4) is 0 Å². The highest BCUT2D eigenvalue weighted by Crippen LogP contribution is 2.20. The normalized spacial score (nSPS) is 11.5. The lowest BCUT2D eigenvalue weighted by Crippen LogP contribution is -2.37. The van der Waals surface area contributed by atoms with E-state index in [1.54, 1.807) is 24.4 Å². The molecule has 1 heterocycles. The number of aliphatic hydroxyl groups is 1. The van der Waals surface area contributed by atoms with Crippen LogP contribution in [-0.2, 0) is 0 Å². The van der Waals surface area contributed by atoms with Gasteiger partial charge in [-0.1, -0.05) is 6.07 Å². The van der Waals surface area contributed by atoms with E-state index < -0.39 is 18.0 Å². The maximum atomic E-state index is 13.0. The summed E-state index contributed by atoms with van der Waals surface area (Å²) in [6.45, 7) is 2.11. The van der Waals surface area contributed by atoms with Crippen LogP contribution < -0.4 is 20.1 Å². The summed E-state index contributed by atoms with van der Waals surface area (Å²) in [6.07, 6.45) is 0.607. The first-order chi connectivity index (χ1) is 12.1. The van der Waals surface area contributed by atoms with E-state index in [1.807, 2.05) is 6.92 Å². The molecular formula is C17H20FN3O4. The molecule has 2 amide bonds. The minimum Gasteiger partial charge on any atom is -0.491 e. The first kappa shape index (κ1) is 18.5. The van der Waals surface area contributed by atoms with Crippen LogP contribution in [-0.4, -0.2) is 42.0 Å². The van der Waals surface area contributed by atoms with Gasteiger partial charge in [0.05, 0.1) is 6.61 Å². The van der Waals surface area contributed by atoms with Crippen molar-refractivity contribution in [1.82, 2.24) is 10.3 Å². The summed E-state index contributed by atoms with van der Waals surface area (Å²) in [5.41, 5.74) is 0.423. The lowest BCUT2D eigenvalue weighted by molar-refractivity contribution is 0.108. The van der Waals surface area contributed by atoms with Crippen LogP contribution in [0.2, 0.25) is 0 Å². The van der Waals surface area contributed by atoms with E-state index in [0.29, 0.717) is 23.9 Å². The van der Waals surface area contributed by atoms with Crippen molar-refractivity contribution >= 4 is 11.7 Å². The summed E-state index contributed by atoms with van der Waals surface area (Å²) < 4.78 is 23.6. The molecule has 0 fully saturated rings. The van der Waals surface area contributed by atoms with Crippen molar-refractivity contribution in [3.63, 3.8) is 0 Å². The van der Waals surface area contributed by atoms with Gasteiger partial charge >= 0.3 is 6.03 Å². The number of aromatic nitrogens is 1. The van der Waals surface area contributed by atoms with E-state index in [0.717, 1.165) is 0 Å².